The molecular formula is C16H27N3O2. The number of amides is 1. The maximum atomic E-state index is 12.3. The van der Waals surface area contributed by atoms with Crippen LogP contribution in [0.2, 0.25) is 0 Å². The Bertz CT molecular complexity index is 433. The topological polar surface area (TPSA) is 67.6 Å². The fourth-order valence-electron chi connectivity index (χ4n) is 2.48. The number of para-hydroxylation sites is 2. The van der Waals surface area contributed by atoms with Gasteiger partial charge in [-0.2, -0.15) is 0 Å². The van der Waals surface area contributed by atoms with Crippen molar-refractivity contribution in [2.24, 2.45) is 5.73 Å². The third-order valence-electron chi connectivity index (χ3n) is 3.60. The van der Waals surface area contributed by atoms with E-state index >= 15 is 0 Å². The molecule has 0 unspecified atom stereocenters. The number of methoxy groups -OCH3 is 1. The van der Waals surface area contributed by atoms with Crippen molar-refractivity contribution in [3.05, 3.63) is 24.3 Å². The fraction of sp³-hybridized carbons (Fsp3) is 0.562. The molecular weight excluding hydrogens is 266 g/mol. The highest BCUT2D eigenvalue weighted by molar-refractivity contribution is 5.93. The molecule has 0 fully saturated rings. The summed E-state index contributed by atoms with van der Waals surface area (Å²) in [5, 5.41) is 2.91. The van der Waals surface area contributed by atoms with Gasteiger partial charge in [-0.15, -0.1) is 0 Å². The van der Waals surface area contributed by atoms with Gasteiger partial charge in [0.15, 0.2) is 0 Å². The van der Waals surface area contributed by atoms with Crippen LogP contribution in [0.5, 0.6) is 5.75 Å². The molecule has 5 nitrogen and oxygen atoms in total. The van der Waals surface area contributed by atoms with E-state index in [0.717, 1.165) is 19.4 Å². The van der Waals surface area contributed by atoms with Crippen molar-refractivity contribution in [1.82, 2.24) is 4.90 Å². The summed E-state index contributed by atoms with van der Waals surface area (Å²) in [6.07, 6.45) is 2.02. The van der Waals surface area contributed by atoms with E-state index in [-0.39, 0.29) is 5.91 Å². The summed E-state index contributed by atoms with van der Waals surface area (Å²) in [4.78, 5) is 14.4. The van der Waals surface area contributed by atoms with E-state index in [0.29, 0.717) is 30.6 Å². The predicted octanol–water partition coefficient (Wildman–Crippen LogP) is 2.08. The Labute approximate surface area is 127 Å². The standard InChI is InChI=1S/C16H27N3O2/c1-4-13(5-2)19(11-10-17)12-16(20)18-14-8-6-7-9-15(14)21-3/h6-9,13H,4-5,10-12,17H2,1-3H3,(H,18,20). The molecule has 0 saturated carbocycles. The van der Waals surface area contributed by atoms with Crippen molar-refractivity contribution in [2.45, 2.75) is 32.7 Å². The number of ether oxygens (including phenoxy) is 1. The second-order valence-corrected chi connectivity index (χ2v) is 4.98. The van der Waals surface area contributed by atoms with Gasteiger partial charge < -0.3 is 15.8 Å². The van der Waals surface area contributed by atoms with Crippen LogP contribution in [0.3, 0.4) is 0 Å². The van der Waals surface area contributed by atoms with Crippen LogP contribution in [-0.4, -0.2) is 43.6 Å². The van der Waals surface area contributed by atoms with E-state index in [1.807, 2.05) is 24.3 Å². The number of benzene rings is 1. The van der Waals surface area contributed by atoms with Crippen LogP contribution in [0, 0.1) is 0 Å². The van der Waals surface area contributed by atoms with Crippen molar-refractivity contribution >= 4 is 11.6 Å². The zero-order valence-corrected chi connectivity index (χ0v) is 13.3. The lowest BCUT2D eigenvalue weighted by molar-refractivity contribution is -0.117. The molecule has 1 amide bonds. The molecule has 0 aliphatic heterocycles. The SMILES string of the molecule is CCC(CC)N(CCN)CC(=O)Nc1ccccc1OC. The quantitative estimate of drug-likeness (QED) is 0.731. The molecule has 0 atom stereocenters. The van der Waals surface area contributed by atoms with Gasteiger partial charge in [0.05, 0.1) is 19.3 Å². The largest absolute Gasteiger partial charge is 0.495 e. The van der Waals surface area contributed by atoms with Crippen LogP contribution in [0.25, 0.3) is 0 Å². The van der Waals surface area contributed by atoms with Crippen LogP contribution in [-0.2, 0) is 4.79 Å². The molecule has 0 saturated heterocycles. The number of hydrogen-bond acceptors (Lipinski definition) is 4. The number of nitrogens with zero attached hydrogens (tertiary/aromatic N) is 1. The van der Waals surface area contributed by atoms with Gasteiger partial charge in [-0.1, -0.05) is 26.0 Å². The van der Waals surface area contributed by atoms with E-state index in [9.17, 15) is 4.79 Å². The molecule has 0 radical (unpaired) electrons. The Morgan fingerprint density at radius 2 is 2.00 bits per heavy atom. The number of carbonyl (C=O) groups is 1. The minimum atomic E-state index is -0.0418. The van der Waals surface area contributed by atoms with Gasteiger partial charge in [0, 0.05) is 19.1 Å². The highest BCUT2D eigenvalue weighted by Crippen LogP contribution is 2.23. The first-order valence-corrected chi connectivity index (χ1v) is 7.53. The van der Waals surface area contributed by atoms with E-state index in [1.54, 1.807) is 7.11 Å². The molecule has 3 N–H and O–H groups in total. The van der Waals surface area contributed by atoms with Crippen LogP contribution < -0.4 is 15.8 Å². The average molecular weight is 293 g/mol. The molecule has 0 bridgehead atoms. The van der Waals surface area contributed by atoms with Crippen LogP contribution in [0.4, 0.5) is 5.69 Å². The lowest BCUT2D eigenvalue weighted by Crippen LogP contribution is -2.43. The normalized spacial score (nSPS) is 11.0. The molecule has 5 heteroatoms. The molecule has 0 aromatic heterocycles. The number of carbonyl (C=O) groups excluding carboxylic acids is 1. The number of anilines is 1. The molecule has 1 aromatic rings. The first kappa shape index (κ1) is 17.5. The fourth-order valence-corrected chi connectivity index (χ4v) is 2.48. The van der Waals surface area contributed by atoms with Crippen LogP contribution in [0.1, 0.15) is 26.7 Å². The summed E-state index contributed by atoms with van der Waals surface area (Å²) < 4.78 is 5.24. The number of nitrogens with two attached hydrogens (primary N) is 1. The van der Waals surface area contributed by atoms with Crippen molar-refractivity contribution < 1.29 is 9.53 Å². The van der Waals surface area contributed by atoms with Gasteiger partial charge in [0.2, 0.25) is 5.91 Å². The highest BCUT2D eigenvalue weighted by Gasteiger charge is 2.18. The summed E-state index contributed by atoms with van der Waals surface area (Å²) in [5.41, 5.74) is 6.35. The summed E-state index contributed by atoms with van der Waals surface area (Å²) in [5.74, 6) is 0.624. The maximum absolute atomic E-state index is 12.3. The number of nitrogens with one attached hydrogen (secondary N) is 1. The van der Waals surface area contributed by atoms with Crippen molar-refractivity contribution in [2.75, 3.05) is 32.1 Å². The van der Waals surface area contributed by atoms with Gasteiger partial charge in [-0.05, 0) is 25.0 Å². The Balaban J connectivity index is 2.69. The minimum absolute atomic E-state index is 0.0418. The smallest absolute Gasteiger partial charge is 0.238 e. The molecule has 0 heterocycles. The van der Waals surface area contributed by atoms with Gasteiger partial charge in [-0.25, -0.2) is 0 Å². The third-order valence-corrected chi connectivity index (χ3v) is 3.60. The summed E-state index contributed by atoms with van der Waals surface area (Å²) in [6, 6.07) is 7.79. The van der Waals surface area contributed by atoms with Gasteiger partial charge >= 0.3 is 0 Å². The summed E-state index contributed by atoms with van der Waals surface area (Å²) in [7, 11) is 1.59. The molecule has 1 rings (SSSR count). The second-order valence-electron chi connectivity index (χ2n) is 4.98. The Hall–Kier alpha value is -1.59. The Morgan fingerprint density at radius 3 is 2.57 bits per heavy atom. The van der Waals surface area contributed by atoms with Crippen LogP contribution >= 0.6 is 0 Å². The lowest BCUT2D eigenvalue weighted by atomic mass is 10.1. The molecule has 0 spiro atoms. The molecule has 0 aliphatic carbocycles. The zero-order chi connectivity index (χ0) is 15.7. The summed E-state index contributed by atoms with van der Waals surface area (Å²) in [6.45, 7) is 5.90. The Morgan fingerprint density at radius 1 is 1.33 bits per heavy atom. The average Bonchev–Trinajstić information content (AvgIpc) is 2.49. The highest BCUT2D eigenvalue weighted by atomic mass is 16.5. The molecule has 0 aliphatic rings. The van der Waals surface area contributed by atoms with Crippen LogP contribution in [0.15, 0.2) is 24.3 Å². The van der Waals surface area contributed by atoms with Gasteiger partial charge in [0.25, 0.3) is 0 Å². The molecule has 1 aromatic carbocycles. The van der Waals surface area contributed by atoms with Gasteiger partial charge in [0.1, 0.15) is 5.75 Å². The van der Waals surface area contributed by atoms with E-state index in [4.69, 9.17) is 10.5 Å². The molecule has 21 heavy (non-hydrogen) atoms. The zero-order valence-electron chi connectivity index (χ0n) is 13.3. The number of rotatable bonds is 9. The first-order chi connectivity index (χ1) is 10.2. The van der Waals surface area contributed by atoms with E-state index in [1.165, 1.54) is 0 Å². The van der Waals surface area contributed by atoms with Crippen molar-refractivity contribution in [1.29, 1.82) is 0 Å². The van der Waals surface area contributed by atoms with E-state index < -0.39 is 0 Å². The second kappa shape index (κ2) is 9.37. The first-order valence-electron chi connectivity index (χ1n) is 7.53. The van der Waals surface area contributed by atoms with Crippen molar-refractivity contribution in [3.63, 3.8) is 0 Å². The van der Waals surface area contributed by atoms with E-state index in [2.05, 4.69) is 24.1 Å². The van der Waals surface area contributed by atoms with Crippen molar-refractivity contribution in [3.8, 4) is 5.75 Å². The number of hydrogen-bond donors (Lipinski definition) is 2. The predicted molar refractivity (Wildman–Crippen MR) is 86.6 cm³/mol. The third kappa shape index (κ3) is 5.36. The lowest BCUT2D eigenvalue weighted by Gasteiger charge is -2.29. The monoisotopic (exact) mass is 293 g/mol. The minimum Gasteiger partial charge on any atom is -0.495 e. The Kier molecular flexibility index (Phi) is 7.79. The molecule has 118 valence electrons. The maximum Gasteiger partial charge on any atom is 0.238 e. The van der Waals surface area contributed by atoms with Gasteiger partial charge in [-0.3, -0.25) is 9.69 Å². The summed E-state index contributed by atoms with van der Waals surface area (Å²) >= 11 is 0.